The molecule has 2 saturated heterocycles. The fourth-order valence-corrected chi connectivity index (χ4v) is 6.34. The van der Waals surface area contributed by atoms with Crippen LogP contribution < -0.4 is 0 Å². The highest BCUT2D eigenvalue weighted by Crippen LogP contribution is 2.51. The summed E-state index contributed by atoms with van der Waals surface area (Å²) >= 11 is 0. The minimum atomic E-state index is -0.807. The molecule has 0 bridgehead atoms. The average molecular weight is 431 g/mol. The first-order valence-electron chi connectivity index (χ1n) is 12.2. The summed E-state index contributed by atoms with van der Waals surface area (Å²) in [5.41, 5.74) is 1.08. The molecule has 1 N–H and O–H groups in total. The molecule has 170 valence electrons. The molecule has 31 heavy (non-hydrogen) atoms. The van der Waals surface area contributed by atoms with Gasteiger partial charge >= 0.3 is 0 Å². The monoisotopic (exact) mass is 430 g/mol. The number of hydrogen-bond donors (Lipinski definition) is 1. The molecule has 3 saturated carbocycles. The molecule has 2 aliphatic heterocycles. The first-order chi connectivity index (χ1) is 15.2. The second-order valence-corrected chi connectivity index (χ2v) is 10.0. The third kappa shape index (κ3) is 3.65. The Morgan fingerprint density at radius 1 is 0.710 bits per heavy atom. The molecular formula is C25H34O6. The molecule has 1 aromatic rings. The van der Waals surface area contributed by atoms with Crippen LogP contribution in [0.25, 0.3) is 0 Å². The van der Waals surface area contributed by atoms with Gasteiger partial charge in [0.15, 0.2) is 11.6 Å². The quantitative estimate of drug-likeness (QED) is 0.786. The van der Waals surface area contributed by atoms with Crippen molar-refractivity contribution in [2.24, 2.45) is 0 Å². The topological polar surface area (TPSA) is 66.4 Å². The van der Waals surface area contributed by atoms with Crippen LogP contribution in [0.4, 0.5) is 0 Å². The Hall–Kier alpha value is -1.02. The molecular weight excluding hydrogens is 396 g/mol. The van der Waals surface area contributed by atoms with Crippen molar-refractivity contribution in [1.82, 2.24) is 0 Å². The second kappa shape index (κ2) is 8.08. The molecule has 6 atom stereocenters. The molecule has 0 radical (unpaired) electrons. The van der Waals surface area contributed by atoms with E-state index in [1.54, 1.807) is 0 Å². The molecule has 6 rings (SSSR count). The van der Waals surface area contributed by atoms with E-state index in [0.717, 1.165) is 56.9 Å². The van der Waals surface area contributed by atoms with Crippen molar-refractivity contribution < 1.29 is 28.8 Å². The first kappa shape index (κ1) is 20.6. The number of aliphatic hydroxyl groups is 1. The number of aliphatic hydroxyl groups excluding tert-OH is 1. The Morgan fingerprint density at radius 3 is 1.84 bits per heavy atom. The Kier molecular flexibility index (Phi) is 5.37. The minimum Gasteiger partial charge on any atom is -0.387 e. The summed E-state index contributed by atoms with van der Waals surface area (Å²) in [5.74, 6) is -1.15. The van der Waals surface area contributed by atoms with Gasteiger partial charge < -0.3 is 28.8 Å². The molecule has 3 aliphatic carbocycles. The predicted molar refractivity (Wildman–Crippen MR) is 112 cm³/mol. The summed E-state index contributed by atoms with van der Waals surface area (Å²) in [4.78, 5) is 0. The van der Waals surface area contributed by atoms with Gasteiger partial charge in [-0.05, 0) is 31.2 Å². The van der Waals surface area contributed by atoms with Gasteiger partial charge in [-0.3, -0.25) is 0 Å². The van der Waals surface area contributed by atoms with Crippen LogP contribution in [0.15, 0.2) is 30.3 Å². The summed E-state index contributed by atoms with van der Waals surface area (Å²) in [6.07, 6.45) is 7.70. The third-order valence-electron chi connectivity index (χ3n) is 7.89. The molecule has 6 nitrogen and oxygen atoms in total. The zero-order valence-electron chi connectivity index (χ0n) is 18.1. The van der Waals surface area contributed by atoms with Gasteiger partial charge in [0.25, 0.3) is 0 Å². The van der Waals surface area contributed by atoms with Crippen LogP contribution in [0, 0.1) is 0 Å². The van der Waals surface area contributed by atoms with Crippen LogP contribution in [0.5, 0.6) is 0 Å². The van der Waals surface area contributed by atoms with Crippen molar-refractivity contribution in [3.05, 3.63) is 35.9 Å². The first-order valence-corrected chi connectivity index (χ1v) is 12.2. The van der Waals surface area contributed by atoms with Gasteiger partial charge in [-0.1, -0.05) is 43.2 Å². The largest absolute Gasteiger partial charge is 0.387 e. The number of ether oxygens (including phenoxy) is 5. The van der Waals surface area contributed by atoms with E-state index in [-0.39, 0.29) is 18.3 Å². The van der Waals surface area contributed by atoms with E-state index in [0.29, 0.717) is 6.61 Å². The molecule has 0 unspecified atom stereocenters. The van der Waals surface area contributed by atoms with E-state index in [1.165, 1.54) is 12.8 Å². The van der Waals surface area contributed by atoms with Gasteiger partial charge in [0.05, 0.1) is 6.61 Å². The van der Waals surface area contributed by atoms with Crippen LogP contribution in [0.2, 0.25) is 0 Å². The Balaban J connectivity index is 1.28. The molecule has 5 aliphatic rings. The number of rotatable bonds is 3. The lowest BCUT2D eigenvalue weighted by atomic mass is 9.85. The fraction of sp³-hybridized carbons (Fsp3) is 0.760. The van der Waals surface area contributed by atoms with Crippen molar-refractivity contribution in [2.75, 3.05) is 0 Å². The fourth-order valence-electron chi connectivity index (χ4n) is 6.34. The molecule has 0 amide bonds. The van der Waals surface area contributed by atoms with Gasteiger partial charge in [0.2, 0.25) is 0 Å². The van der Waals surface area contributed by atoms with Crippen LogP contribution in [0.3, 0.4) is 0 Å². The number of fused-ring (bicyclic) bond motifs is 3. The summed E-state index contributed by atoms with van der Waals surface area (Å²) in [7, 11) is 0. The zero-order chi connectivity index (χ0) is 20.9. The lowest BCUT2D eigenvalue weighted by molar-refractivity contribution is -0.227. The van der Waals surface area contributed by atoms with Crippen molar-refractivity contribution in [3.63, 3.8) is 0 Å². The van der Waals surface area contributed by atoms with E-state index in [4.69, 9.17) is 23.7 Å². The van der Waals surface area contributed by atoms with E-state index in [9.17, 15) is 5.11 Å². The van der Waals surface area contributed by atoms with Gasteiger partial charge in [-0.15, -0.1) is 0 Å². The van der Waals surface area contributed by atoms with Crippen LogP contribution >= 0.6 is 0 Å². The van der Waals surface area contributed by atoms with E-state index >= 15 is 0 Å². The minimum absolute atomic E-state index is 0.270. The Labute approximate surface area is 184 Å². The Morgan fingerprint density at radius 2 is 1.23 bits per heavy atom. The number of benzene rings is 1. The van der Waals surface area contributed by atoms with Crippen molar-refractivity contribution in [1.29, 1.82) is 0 Å². The molecule has 5 fully saturated rings. The summed E-state index contributed by atoms with van der Waals surface area (Å²) in [6, 6.07) is 10.1. The summed E-state index contributed by atoms with van der Waals surface area (Å²) in [5, 5.41) is 11.4. The SMILES string of the molecule is O[C@@H]1[C@@H](OCc2ccccc2)[C@@H]2OC3(CCCCC3)O[C@H]2[C@@H]2OC3(CCCCC3)O[C@H]12. The molecule has 0 aromatic heterocycles. The molecule has 2 heterocycles. The maximum Gasteiger partial charge on any atom is 0.169 e. The number of hydrogen-bond acceptors (Lipinski definition) is 6. The standard InChI is InChI=1S/C25H34O6/c26-18-19(27-16-17-10-4-1-5-11-17)21-23(31-25(29-21)14-8-3-9-15-25)22-20(18)28-24(30-22)12-6-2-7-13-24/h1,4-5,10-11,18-23,26H,2-3,6-9,12-16H2/t18-,19-,20-,21+,22-,23-/m1/s1. The second-order valence-electron chi connectivity index (χ2n) is 10.0. The van der Waals surface area contributed by atoms with E-state index < -0.39 is 29.9 Å². The molecule has 6 heteroatoms. The summed E-state index contributed by atoms with van der Waals surface area (Å²) in [6.45, 7) is 0.422. The van der Waals surface area contributed by atoms with Gasteiger partial charge in [0.1, 0.15) is 36.6 Å². The smallest absolute Gasteiger partial charge is 0.169 e. The highest BCUT2D eigenvalue weighted by molar-refractivity contribution is 5.14. The third-order valence-corrected chi connectivity index (χ3v) is 7.89. The zero-order valence-corrected chi connectivity index (χ0v) is 18.1. The van der Waals surface area contributed by atoms with Crippen molar-refractivity contribution in [2.45, 2.75) is 119 Å². The van der Waals surface area contributed by atoms with E-state index in [1.807, 2.05) is 30.3 Å². The molecule has 1 aromatic carbocycles. The van der Waals surface area contributed by atoms with Gasteiger partial charge in [0, 0.05) is 25.7 Å². The van der Waals surface area contributed by atoms with E-state index in [2.05, 4.69) is 0 Å². The maximum atomic E-state index is 11.4. The molecule has 2 spiro atoms. The van der Waals surface area contributed by atoms with Crippen molar-refractivity contribution >= 4 is 0 Å². The Bertz CT molecular complexity index is 757. The van der Waals surface area contributed by atoms with Gasteiger partial charge in [-0.25, -0.2) is 0 Å². The van der Waals surface area contributed by atoms with Crippen LogP contribution in [-0.2, 0) is 30.3 Å². The van der Waals surface area contributed by atoms with Crippen molar-refractivity contribution in [3.8, 4) is 0 Å². The van der Waals surface area contributed by atoms with Crippen LogP contribution in [-0.4, -0.2) is 53.3 Å². The predicted octanol–water partition coefficient (Wildman–Crippen LogP) is 3.84. The highest BCUT2D eigenvalue weighted by Gasteiger charge is 2.66. The lowest BCUT2D eigenvalue weighted by Crippen LogP contribution is -2.62. The summed E-state index contributed by atoms with van der Waals surface area (Å²) < 4.78 is 32.6. The van der Waals surface area contributed by atoms with Crippen LogP contribution in [0.1, 0.15) is 69.8 Å². The normalized spacial score (nSPS) is 40.7. The lowest BCUT2D eigenvalue weighted by Gasteiger charge is -2.40. The maximum absolute atomic E-state index is 11.4. The highest BCUT2D eigenvalue weighted by atomic mass is 16.8. The average Bonchev–Trinajstić information content (AvgIpc) is 3.34. The van der Waals surface area contributed by atoms with Gasteiger partial charge in [-0.2, -0.15) is 0 Å².